The van der Waals surface area contributed by atoms with Crippen molar-refractivity contribution in [2.45, 2.75) is 66.2 Å². The van der Waals surface area contributed by atoms with E-state index in [0.717, 1.165) is 33.8 Å². The second-order valence-electron chi connectivity index (χ2n) is 10.3. The van der Waals surface area contributed by atoms with Crippen LogP contribution in [0.15, 0.2) is 34.3 Å². The third-order valence-corrected chi connectivity index (χ3v) is 7.09. The Morgan fingerprint density at radius 1 is 0.677 bits per heavy atom. The predicted molar refractivity (Wildman–Crippen MR) is 132 cm³/mol. The molecule has 0 saturated carbocycles. The van der Waals surface area contributed by atoms with Gasteiger partial charge in [0.05, 0.1) is 0 Å². The van der Waals surface area contributed by atoms with Gasteiger partial charge in [0.1, 0.15) is 0 Å². The van der Waals surface area contributed by atoms with Crippen LogP contribution in [0.2, 0.25) is 0 Å². The van der Waals surface area contributed by atoms with Crippen molar-refractivity contribution in [1.82, 2.24) is 0 Å². The average molecular weight is 525 g/mol. The van der Waals surface area contributed by atoms with Gasteiger partial charge in [0.15, 0.2) is 0 Å². The van der Waals surface area contributed by atoms with Gasteiger partial charge >= 0.3 is 199 Å². The Morgan fingerprint density at radius 2 is 1.06 bits per heavy atom. The number of nitrogens with zero attached hydrogens (tertiary/aromatic N) is 2. The first-order valence-corrected chi connectivity index (χ1v) is 13.2. The van der Waals surface area contributed by atoms with Crippen molar-refractivity contribution in [3.8, 4) is 11.5 Å². The number of hydrogen-bond acceptors (Lipinski definition) is 4. The first-order valence-electron chi connectivity index (χ1n) is 10.9. The number of aryl methyl sites for hydroxylation is 2. The van der Waals surface area contributed by atoms with Crippen molar-refractivity contribution in [3.05, 3.63) is 57.6 Å². The molecule has 0 fully saturated rings. The zero-order valence-corrected chi connectivity index (χ0v) is 22.9. The molecule has 0 aromatic heterocycles. The zero-order valence-electron chi connectivity index (χ0n) is 20.1. The second kappa shape index (κ2) is 9.35. The van der Waals surface area contributed by atoms with Crippen LogP contribution in [0.25, 0.3) is 0 Å². The van der Waals surface area contributed by atoms with Crippen LogP contribution in [0.5, 0.6) is 11.5 Å². The van der Waals surface area contributed by atoms with Gasteiger partial charge in [0.25, 0.3) is 0 Å². The molecule has 164 valence electrons. The summed E-state index contributed by atoms with van der Waals surface area (Å²) >= 11 is -1.62. The molecule has 31 heavy (non-hydrogen) atoms. The van der Waals surface area contributed by atoms with E-state index in [1.807, 2.05) is 12.4 Å². The van der Waals surface area contributed by atoms with Gasteiger partial charge in [-0.15, -0.1) is 0 Å². The minimum absolute atomic E-state index is 0.0659. The van der Waals surface area contributed by atoms with E-state index in [4.69, 9.17) is 6.15 Å². The molecule has 0 bridgehead atoms. The normalized spacial score (nSPS) is 15.0. The summed E-state index contributed by atoms with van der Waals surface area (Å²) in [5.41, 5.74) is 7.00. The van der Waals surface area contributed by atoms with Crippen LogP contribution in [0.1, 0.15) is 74.9 Å². The molecule has 0 saturated heterocycles. The van der Waals surface area contributed by atoms with Crippen molar-refractivity contribution in [3.63, 3.8) is 0 Å². The molecule has 0 atom stereocenters. The molecule has 1 aliphatic rings. The summed E-state index contributed by atoms with van der Waals surface area (Å²) in [5.74, 6) is 1.79. The van der Waals surface area contributed by atoms with E-state index in [1.54, 1.807) is 0 Å². The maximum absolute atomic E-state index is 6.32. The van der Waals surface area contributed by atoms with E-state index >= 15 is 0 Å². The minimum atomic E-state index is -1.62. The summed E-state index contributed by atoms with van der Waals surface area (Å²) in [7, 11) is 0. The molecule has 0 spiro atoms. The fraction of sp³-hybridized carbons (Fsp3) is 0.462. The van der Waals surface area contributed by atoms with Crippen LogP contribution >= 0.6 is 0 Å². The Morgan fingerprint density at radius 3 is 1.42 bits per heavy atom. The fourth-order valence-corrected chi connectivity index (χ4v) is 5.67. The SMILES string of the molecule is Cc1cc(C(C)(C)C)cc2c1[O][Sn][O]c1c(C)cc(C(C)(C)C)cc1C=NCCN=C2. The maximum atomic E-state index is 6.32. The number of benzene rings is 2. The average Bonchev–Trinajstić information content (AvgIpc) is 2.67. The molecule has 0 amide bonds. The van der Waals surface area contributed by atoms with E-state index in [-0.39, 0.29) is 10.8 Å². The predicted octanol–water partition coefficient (Wildman–Crippen LogP) is 5.74. The molecule has 4 nitrogen and oxygen atoms in total. The van der Waals surface area contributed by atoms with E-state index in [0.29, 0.717) is 13.1 Å². The van der Waals surface area contributed by atoms with Crippen LogP contribution in [0.3, 0.4) is 0 Å². The van der Waals surface area contributed by atoms with Gasteiger partial charge in [-0.2, -0.15) is 0 Å². The Balaban J connectivity index is 2.00. The second-order valence-corrected chi connectivity index (χ2v) is 11.9. The van der Waals surface area contributed by atoms with Gasteiger partial charge in [-0.3, -0.25) is 0 Å². The van der Waals surface area contributed by atoms with Gasteiger partial charge in [0, 0.05) is 0 Å². The van der Waals surface area contributed by atoms with E-state index < -0.39 is 22.0 Å². The zero-order chi connectivity index (χ0) is 22.8. The summed E-state index contributed by atoms with van der Waals surface area (Å²) in [6.07, 6.45) is 3.86. The number of aliphatic imine (C=N–C) groups is 2. The molecule has 2 radical (unpaired) electrons. The van der Waals surface area contributed by atoms with Crippen molar-refractivity contribution >= 4 is 34.4 Å². The quantitative estimate of drug-likeness (QED) is 0.412. The number of fused-ring (bicyclic) bond motifs is 2. The molecule has 2 aromatic rings. The first-order chi connectivity index (χ1) is 14.5. The fourth-order valence-electron chi connectivity index (χ4n) is 3.48. The Kier molecular flexibility index (Phi) is 7.19. The first kappa shape index (κ1) is 23.8. The molecule has 1 heterocycles. The Labute approximate surface area is 198 Å². The van der Waals surface area contributed by atoms with Gasteiger partial charge in [0.2, 0.25) is 0 Å². The van der Waals surface area contributed by atoms with Crippen molar-refractivity contribution in [2.24, 2.45) is 9.98 Å². The van der Waals surface area contributed by atoms with E-state index in [2.05, 4.69) is 89.6 Å². The van der Waals surface area contributed by atoms with Gasteiger partial charge < -0.3 is 0 Å². The molecule has 2 aromatic carbocycles. The van der Waals surface area contributed by atoms with Crippen LogP contribution < -0.4 is 6.15 Å². The molecule has 0 N–H and O–H groups in total. The van der Waals surface area contributed by atoms with Gasteiger partial charge in [-0.1, -0.05) is 0 Å². The van der Waals surface area contributed by atoms with Crippen LogP contribution in [0, 0.1) is 13.8 Å². The molecular weight excluding hydrogens is 491 g/mol. The third kappa shape index (κ3) is 5.91. The molecule has 5 heteroatoms. The van der Waals surface area contributed by atoms with Crippen LogP contribution in [-0.4, -0.2) is 47.5 Å². The third-order valence-electron chi connectivity index (χ3n) is 5.45. The summed E-state index contributed by atoms with van der Waals surface area (Å²) in [4.78, 5) is 9.26. The summed E-state index contributed by atoms with van der Waals surface area (Å²) in [5, 5.41) is 0. The van der Waals surface area contributed by atoms with Crippen LogP contribution in [0.4, 0.5) is 0 Å². The Hall–Kier alpha value is -1.82. The molecule has 0 unspecified atom stereocenters. The standard InChI is InChI=1S/C26H36N2O2.Sn/c1-17-11-21(25(3,4)5)13-19(23(17)29)15-27-9-10-28-16-20-14-22(26(6,7)8)12-18(2)24(20)30;/h11-16,29-30H,9-10H2,1-8H3;/q;+2/p-2. The molecule has 1 aliphatic heterocycles. The van der Waals surface area contributed by atoms with Crippen molar-refractivity contribution < 1.29 is 6.15 Å². The van der Waals surface area contributed by atoms with Gasteiger partial charge in [-0.25, -0.2) is 0 Å². The summed E-state index contributed by atoms with van der Waals surface area (Å²) in [6.45, 7) is 18.9. The van der Waals surface area contributed by atoms with Crippen molar-refractivity contribution in [1.29, 1.82) is 0 Å². The number of hydrogen-bond donors (Lipinski definition) is 0. The van der Waals surface area contributed by atoms with Gasteiger partial charge in [-0.05, 0) is 0 Å². The molecule has 0 aliphatic carbocycles. The monoisotopic (exact) mass is 526 g/mol. The molecular formula is C26H34N2O2Sn. The van der Waals surface area contributed by atoms with Crippen LogP contribution in [-0.2, 0) is 10.8 Å². The van der Waals surface area contributed by atoms with E-state index in [9.17, 15) is 0 Å². The Bertz CT molecular complexity index is 930. The molecule has 3 rings (SSSR count). The summed E-state index contributed by atoms with van der Waals surface area (Å²) < 4.78 is 12.6. The topological polar surface area (TPSA) is 43.2 Å². The van der Waals surface area contributed by atoms with Crippen molar-refractivity contribution in [2.75, 3.05) is 13.1 Å². The summed E-state index contributed by atoms with van der Waals surface area (Å²) in [6, 6.07) is 8.84. The number of rotatable bonds is 0. The van der Waals surface area contributed by atoms with E-state index in [1.165, 1.54) is 11.1 Å².